The number of anilines is 2. The highest BCUT2D eigenvalue weighted by atomic mass is 79.9. The fourth-order valence-corrected chi connectivity index (χ4v) is 8.43. The van der Waals surface area contributed by atoms with Crippen LogP contribution in [0, 0.1) is 5.92 Å². The Labute approximate surface area is 258 Å². The Balaban J connectivity index is 1.40. The zero-order valence-corrected chi connectivity index (χ0v) is 25.9. The van der Waals surface area contributed by atoms with Gasteiger partial charge in [-0.15, -0.1) is 0 Å². The minimum absolute atomic E-state index is 0.233. The summed E-state index contributed by atoms with van der Waals surface area (Å²) in [7, 11) is 0. The van der Waals surface area contributed by atoms with Crippen LogP contribution in [0.3, 0.4) is 0 Å². The smallest absolute Gasteiger partial charge is 0.308 e. The lowest BCUT2D eigenvalue weighted by molar-refractivity contribution is -0.122. The number of nitrogens with zero attached hydrogens (tertiary/aromatic N) is 2. The van der Waals surface area contributed by atoms with Crippen LogP contribution in [0.25, 0.3) is 0 Å². The lowest BCUT2D eigenvalue weighted by Crippen LogP contribution is -2.33. The van der Waals surface area contributed by atoms with Crippen LogP contribution in [-0.2, 0) is 20.9 Å². The van der Waals surface area contributed by atoms with E-state index >= 15 is 0 Å². The molecule has 0 radical (unpaired) electrons. The van der Waals surface area contributed by atoms with Crippen LogP contribution in [0.2, 0.25) is 5.02 Å². The highest BCUT2D eigenvalue weighted by Crippen LogP contribution is 2.54. The van der Waals surface area contributed by atoms with Gasteiger partial charge in [0.2, 0.25) is 17.7 Å². The predicted molar refractivity (Wildman–Crippen MR) is 164 cm³/mol. The van der Waals surface area contributed by atoms with Crippen molar-refractivity contribution in [1.29, 1.82) is 0 Å². The van der Waals surface area contributed by atoms with Gasteiger partial charge in [-0.05, 0) is 66.2 Å². The third-order valence-corrected chi connectivity index (χ3v) is 10.7. The van der Waals surface area contributed by atoms with E-state index in [1.165, 1.54) is 21.2 Å². The molecule has 0 spiro atoms. The van der Waals surface area contributed by atoms with Crippen LogP contribution in [0.4, 0.5) is 11.4 Å². The fourth-order valence-electron chi connectivity index (χ4n) is 5.01. The second-order valence-corrected chi connectivity index (χ2v) is 13.7. The van der Waals surface area contributed by atoms with Crippen molar-refractivity contribution in [2.24, 2.45) is 5.92 Å². The van der Waals surface area contributed by atoms with Crippen LogP contribution in [0.1, 0.15) is 16.4 Å². The number of thiazole rings is 1. The molecule has 3 heterocycles. The van der Waals surface area contributed by atoms with E-state index in [1.54, 1.807) is 48.5 Å². The van der Waals surface area contributed by atoms with Gasteiger partial charge in [0.1, 0.15) is 11.8 Å². The van der Waals surface area contributed by atoms with Crippen molar-refractivity contribution in [2.75, 3.05) is 10.2 Å². The average Bonchev–Trinajstić information content (AvgIpc) is 3.37. The van der Waals surface area contributed by atoms with Crippen molar-refractivity contribution < 1.29 is 14.4 Å². The number of aromatic nitrogens is 1. The number of fused-ring (bicyclic) bond motifs is 2. The number of amides is 3. The highest BCUT2D eigenvalue weighted by molar-refractivity contribution is 9.10. The van der Waals surface area contributed by atoms with Gasteiger partial charge in [-0.25, -0.2) is 4.90 Å². The number of carbonyl (C=O) groups is 3. The normalized spacial score (nSPS) is 19.9. The van der Waals surface area contributed by atoms with E-state index in [9.17, 15) is 19.2 Å². The minimum atomic E-state index is -0.753. The topological polar surface area (TPSA) is 88.5 Å². The maximum Gasteiger partial charge on any atom is 0.308 e. The summed E-state index contributed by atoms with van der Waals surface area (Å²) in [5.74, 6) is -2.27. The molecule has 1 aromatic heterocycles. The number of hydrogen-bond acceptors (Lipinski definition) is 6. The molecule has 4 aromatic rings. The molecule has 1 N–H and O–H groups in total. The average molecular weight is 720 g/mol. The van der Waals surface area contributed by atoms with Crippen LogP contribution in [-0.4, -0.2) is 27.5 Å². The van der Waals surface area contributed by atoms with Crippen LogP contribution < -0.4 is 15.1 Å². The van der Waals surface area contributed by atoms with Gasteiger partial charge in [-0.3, -0.25) is 23.7 Å². The molecule has 0 aliphatic carbocycles. The monoisotopic (exact) mass is 717 g/mol. The quantitative estimate of drug-likeness (QED) is 0.238. The van der Waals surface area contributed by atoms with E-state index < -0.39 is 23.0 Å². The highest BCUT2D eigenvalue weighted by Gasteiger charge is 2.56. The number of carbonyl (C=O) groups excluding carboxylic acids is 3. The van der Waals surface area contributed by atoms with Crippen molar-refractivity contribution in [3.8, 4) is 0 Å². The zero-order valence-electron chi connectivity index (χ0n) is 20.3. The molecule has 3 atom stereocenters. The molecule has 1 saturated heterocycles. The number of benzene rings is 3. The van der Waals surface area contributed by atoms with Crippen LogP contribution in [0.15, 0.2) is 91.6 Å². The molecule has 0 bridgehead atoms. The molecule has 7 nitrogen and oxygen atoms in total. The largest absolute Gasteiger partial charge is 0.325 e. The standard InChI is InChI=1S/C28H18Br2ClN3O4S2/c29-15-3-1-14(2-4-15)21-22-23(26(37)34(25(22)36)19-11-5-16(30)6-12-19)39-27-24(21)40-28(38)33(27)13-20(35)32-18-9-7-17(31)8-10-18/h1-12,21-23H,13H2,(H,32,35). The summed E-state index contributed by atoms with van der Waals surface area (Å²) in [6.45, 7) is -0.233. The first-order valence-electron chi connectivity index (χ1n) is 12.1. The number of imide groups is 1. The van der Waals surface area contributed by atoms with Crippen molar-refractivity contribution in [1.82, 2.24) is 4.57 Å². The Morgan fingerprint density at radius 3 is 2.15 bits per heavy atom. The van der Waals surface area contributed by atoms with Gasteiger partial charge < -0.3 is 5.32 Å². The molecular weight excluding hydrogens is 702 g/mol. The van der Waals surface area contributed by atoms with E-state index in [0.717, 1.165) is 25.8 Å². The Hall–Kier alpha value is -2.70. The molecule has 2 aliphatic rings. The van der Waals surface area contributed by atoms with E-state index in [0.29, 0.717) is 26.3 Å². The summed E-state index contributed by atoms with van der Waals surface area (Å²) in [4.78, 5) is 55.5. The zero-order chi connectivity index (χ0) is 28.1. The summed E-state index contributed by atoms with van der Waals surface area (Å²) in [6.07, 6.45) is 0. The summed E-state index contributed by atoms with van der Waals surface area (Å²) in [5.41, 5.74) is 1.86. The first-order valence-corrected chi connectivity index (χ1v) is 15.7. The molecule has 6 rings (SSSR count). The first-order chi connectivity index (χ1) is 19.2. The molecule has 3 amide bonds. The van der Waals surface area contributed by atoms with Gasteiger partial charge >= 0.3 is 4.87 Å². The summed E-state index contributed by atoms with van der Waals surface area (Å²) in [5, 5.41) is 3.11. The van der Waals surface area contributed by atoms with Crippen molar-refractivity contribution in [2.45, 2.75) is 22.7 Å². The van der Waals surface area contributed by atoms with Gasteiger partial charge in [-0.1, -0.05) is 78.7 Å². The molecule has 202 valence electrons. The maximum absolute atomic E-state index is 13.9. The molecule has 12 heteroatoms. The molecule has 3 aromatic carbocycles. The van der Waals surface area contributed by atoms with E-state index in [1.807, 2.05) is 24.3 Å². The van der Waals surface area contributed by atoms with E-state index in [-0.39, 0.29) is 23.2 Å². The minimum Gasteiger partial charge on any atom is -0.325 e. The van der Waals surface area contributed by atoms with Gasteiger partial charge in [0.15, 0.2) is 0 Å². The number of nitrogens with one attached hydrogen (secondary N) is 1. The summed E-state index contributed by atoms with van der Waals surface area (Å²) < 4.78 is 3.10. The van der Waals surface area contributed by atoms with E-state index in [4.69, 9.17) is 11.6 Å². The Bertz CT molecular complexity index is 1710. The van der Waals surface area contributed by atoms with E-state index in [2.05, 4.69) is 37.2 Å². The first kappa shape index (κ1) is 27.5. The third kappa shape index (κ3) is 4.98. The SMILES string of the molecule is O=C(Cn1c2c(sc1=O)C(c1ccc(Br)cc1)C1C(=O)N(c3ccc(Br)cc3)C(=O)C1S2)Nc1ccc(Cl)cc1. The lowest BCUT2D eigenvalue weighted by Gasteiger charge is -2.30. The number of halogens is 3. The Morgan fingerprint density at radius 2 is 1.50 bits per heavy atom. The second-order valence-electron chi connectivity index (χ2n) is 9.26. The molecule has 1 fully saturated rings. The van der Waals surface area contributed by atoms with Crippen LogP contribution in [0.5, 0.6) is 0 Å². The maximum atomic E-state index is 13.9. The number of rotatable bonds is 5. The summed E-state index contributed by atoms with van der Waals surface area (Å²) >= 11 is 15.0. The lowest BCUT2D eigenvalue weighted by atomic mass is 9.83. The van der Waals surface area contributed by atoms with Gasteiger partial charge in [0, 0.05) is 30.5 Å². The van der Waals surface area contributed by atoms with Gasteiger partial charge in [0.05, 0.1) is 16.6 Å². The van der Waals surface area contributed by atoms with Gasteiger partial charge in [0.25, 0.3) is 0 Å². The van der Waals surface area contributed by atoms with Crippen molar-refractivity contribution in [3.63, 3.8) is 0 Å². The Kier molecular flexibility index (Phi) is 7.51. The molecular formula is C28H18Br2ClN3O4S2. The molecule has 0 saturated carbocycles. The number of hydrogen-bond donors (Lipinski definition) is 1. The molecule has 40 heavy (non-hydrogen) atoms. The molecule has 2 aliphatic heterocycles. The Morgan fingerprint density at radius 1 is 0.875 bits per heavy atom. The van der Waals surface area contributed by atoms with Crippen LogP contribution >= 0.6 is 66.6 Å². The molecule has 3 unspecified atom stereocenters. The summed E-state index contributed by atoms with van der Waals surface area (Å²) in [6, 6.07) is 21.2. The third-order valence-electron chi connectivity index (χ3n) is 6.79. The van der Waals surface area contributed by atoms with Crippen molar-refractivity contribution >= 4 is 95.7 Å². The fraction of sp³-hybridized carbons (Fsp3) is 0.143. The second kappa shape index (κ2) is 10.9. The number of thioether (sulfide) groups is 1. The van der Waals surface area contributed by atoms with Gasteiger partial charge in [-0.2, -0.15) is 0 Å². The van der Waals surface area contributed by atoms with Crippen molar-refractivity contribution in [3.05, 3.63) is 107 Å². The predicted octanol–water partition coefficient (Wildman–Crippen LogP) is 6.52.